The van der Waals surface area contributed by atoms with Crippen molar-refractivity contribution in [1.82, 2.24) is 10.4 Å². The summed E-state index contributed by atoms with van der Waals surface area (Å²) in [6, 6.07) is 3.43. The van der Waals surface area contributed by atoms with Gasteiger partial charge in [0.2, 0.25) is 0 Å². The van der Waals surface area contributed by atoms with E-state index in [0.717, 1.165) is 23.5 Å². The molecule has 0 saturated heterocycles. The molecule has 0 atom stereocenters. The molecule has 4 fully saturated rings. The molecule has 1 amide bonds. The van der Waals surface area contributed by atoms with E-state index in [1.54, 1.807) is 24.5 Å². The van der Waals surface area contributed by atoms with Crippen molar-refractivity contribution >= 4 is 11.6 Å². The number of rotatable bonds is 3. The van der Waals surface area contributed by atoms with Gasteiger partial charge < -0.3 is 0 Å². The molecule has 1 aromatic rings. The van der Waals surface area contributed by atoms with Gasteiger partial charge in [-0.2, -0.15) is 5.10 Å². The smallest absolute Gasteiger partial charge is 0.267 e. The quantitative estimate of drug-likeness (QED) is 0.686. The van der Waals surface area contributed by atoms with E-state index in [1.165, 1.54) is 38.5 Å². The van der Waals surface area contributed by atoms with Gasteiger partial charge in [-0.15, -0.1) is 0 Å². The maximum atomic E-state index is 12.1. The minimum atomic E-state index is -0.147. The van der Waals surface area contributed by atoms with Crippen LogP contribution in [-0.2, 0) is 0 Å². The van der Waals surface area contributed by atoms with Gasteiger partial charge in [0.25, 0.3) is 5.91 Å². The molecule has 0 aromatic carbocycles. The first-order chi connectivity index (χ1) is 10.6. The van der Waals surface area contributed by atoms with Crippen molar-refractivity contribution in [1.29, 1.82) is 0 Å². The van der Waals surface area contributed by atoms with E-state index in [-0.39, 0.29) is 11.3 Å². The number of pyridine rings is 1. The Morgan fingerprint density at radius 1 is 1.14 bits per heavy atom. The van der Waals surface area contributed by atoms with Crippen molar-refractivity contribution in [2.45, 2.75) is 45.4 Å². The number of aromatic nitrogens is 1. The monoisotopic (exact) mass is 297 g/mol. The fourth-order valence-corrected chi connectivity index (χ4v) is 5.37. The van der Waals surface area contributed by atoms with Crippen molar-refractivity contribution in [3.63, 3.8) is 0 Å². The van der Waals surface area contributed by atoms with E-state index < -0.39 is 0 Å². The van der Waals surface area contributed by atoms with E-state index in [4.69, 9.17) is 0 Å². The van der Waals surface area contributed by atoms with Crippen LogP contribution in [0.4, 0.5) is 0 Å². The molecule has 4 aliphatic rings. The number of nitrogens with zero attached hydrogens (tertiary/aromatic N) is 2. The molecule has 4 saturated carbocycles. The van der Waals surface area contributed by atoms with Crippen LogP contribution in [0.5, 0.6) is 0 Å². The van der Waals surface area contributed by atoms with E-state index in [9.17, 15) is 4.79 Å². The molecule has 4 heteroatoms. The van der Waals surface area contributed by atoms with E-state index in [2.05, 4.69) is 22.4 Å². The molecule has 0 spiro atoms. The normalized spacial score (nSPS) is 36.4. The molecule has 4 bridgehead atoms. The Morgan fingerprint density at radius 2 is 1.68 bits per heavy atom. The second kappa shape index (κ2) is 5.18. The van der Waals surface area contributed by atoms with Gasteiger partial charge in [-0.25, -0.2) is 5.43 Å². The Hall–Kier alpha value is -1.71. The molecule has 1 heterocycles. The van der Waals surface area contributed by atoms with Gasteiger partial charge in [-0.1, -0.05) is 0 Å². The predicted octanol–water partition coefficient (Wildman–Crippen LogP) is 3.40. The lowest BCUT2D eigenvalue weighted by molar-refractivity contribution is -0.0128. The Balaban J connectivity index is 1.49. The summed E-state index contributed by atoms with van der Waals surface area (Å²) in [5, 5.41) is 4.49. The fourth-order valence-electron chi connectivity index (χ4n) is 5.37. The van der Waals surface area contributed by atoms with Crippen molar-refractivity contribution in [3.05, 3.63) is 30.1 Å². The molecule has 0 radical (unpaired) electrons. The summed E-state index contributed by atoms with van der Waals surface area (Å²) in [7, 11) is 0. The van der Waals surface area contributed by atoms with Crippen LogP contribution in [0, 0.1) is 23.2 Å². The summed E-state index contributed by atoms with van der Waals surface area (Å²) < 4.78 is 0. The molecule has 4 nitrogen and oxygen atoms in total. The third-order valence-corrected chi connectivity index (χ3v) is 6.07. The van der Waals surface area contributed by atoms with Crippen molar-refractivity contribution < 1.29 is 4.79 Å². The van der Waals surface area contributed by atoms with Crippen LogP contribution in [0.2, 0.25) is 0 Å². The van der Waals surface area contributed by atoms with Crippen LogP contribution < -0.4 is 5.43 Å². The average molecular weight is 297 g/mol. The van der Waals surface area contributed by atoms with Crippen molar-refractivity contribution in [2.24, 2.45) is 28.3 Å². The molecule has 1 N–H and O–H groups in total. The van der Waals surface area contributed by atoms with E-state index in [0.29, 0.717) is 5.56 Å². The number of hydrogen-bond donors (Lipinski definition) is 1. The molecule has 1 aromatic heterocycles. The maximum absolute atomic E-state index is 12.1. The van der Waals surface area contributed by atoms with Gasteiger partial charge in [-0.3, -0.25) is 9.78 Å². The number of carbonyl (C=O) groups excluding carboxylic acids is 1. The fraction of sp³-hybridized carbons (Fsp3) is 0.611. The van der Waals surface area contributed by atoms with Crippen molar-refractivity contribution in [2.75, 3.05) is 0 Å². The lowest BCUT2D eigenvalue weighted by Gasteiger charge is -2.56. The van der Waals surface area contributed by atoms with Crippen molar-refractivity contribution in [3.8, 4) is 0 Å². The first kappa shape index (κ1) is 13.9. The first-order valence-corrected chi connectivity index (χ1v) is 8.40. The lowest BCUT2D eigenvalue weighted by Crippen LogP contribution is -2.49. The molecular formula is C18H23N3O. The zero-order valence-electron chi connectivity index (χ0n) is 13.1. The second-order valence-electron chi connectivity index (χ2n) is 7.57. The first-order valence-electron chi connectivity index (χ1n) is 8.40. The largest absolute Gasteiger partial charge is 0.271 e. The number of hydrazone groups is 1. The van der Waals surface area contributed by atoms with Crippen LogP contribution in [-0.4, -0.2) is 16.6 Å². The highest BCUT2D eigenvalue weighted by Gasteiger charge is 2.52. The van der Waals surface area contributed by atoms with Gasteiger partial charge in [0.05, 0.1) is 0 Å². The summed E-state index contributed by atoms with van der Waals surface area (Å²) >= 11 is 0. The van der Waals surface area contributed by atoms with E-state index >= 15 is 0 Å². The van der Waals surface area contributed by atoms with Gasteiger partial charge in [0, 0.05) is 29.1 Å². The molecule has 0 aliphatic heterocycles. The number of carbonyl (C=O) groups is 1. The van der Waals surface area contributed by atoms with Crippen LogP contribution in [0.3, 0.4) is 0 Å². The summed E-state index contributed by atoms with van der Waals surface area (Å²) in [4.78, 5) is 16.1. The number of nitrogens with one attached hydrogen (secondary N) is 1. The summed E-state index contributed by atoms with van der Waals surface area (Å²) in [5.74, 6) is 2.54. The molecule has 116 valence electrons. The summed E-state index contributed by atoms with van der Waals surface area (Å²) in [6.07, 6.45) is 11.4. The average Bonchev–Trinajstić information content (AvgIpc) is 2.51. The highest BCUT2D eigenvalue weighted by molar-refractivity contribution is 5.96. The molecule has 0 unspecified atom stereocenters. The number of hydrogen-bond acceptors (Lipinski definition) is 3. The van der Waals surface area contributed by atoms with Gasteiger partial charge in [0.1, 0.15) is 0 Å². The SMILES string of the molecule is C/C(=N/NC(=O)c1ccncc1)C12CC3CC(CC(C3)C1)C2. The molecule has 4 aliphatic carbocycles. The minimum Gasteiger partial charge on any atom is -0.267 e. The number of amides is 1. The third-order valence-electron chi connectivity index (χ3n) is 6.07. The highest BCUT2D eigenvalue weighted by atomic mass is 16.2. The molecular weight excluding hydrogens is 274 g/mol. The minimum absolute atomic E-state index is 0.147. The standard InChI is InChI=1S/C18H23N3O/c1-12(20-21-17(22)16-2-4-19-5-3-16)18-9-13-6-14(10-18)8-15(7-13)11-18/h2-5,13-15H,6-11H2,1H3,(H,21,22)/b20-12-. The topological polar surface area (TPSA) is 54.4 Å². The molecule has 5 rings (SSSR count). The van der Waals surface area contributed by atoms with E-state index in [1.807, 2.05) is 0 Å². The van der Waals surface area contributed by atoms with Gasteiger partial charge in [-0.05, 0) is 75.3 Å². The Kier molecular flexibility index (Phi) is 3.28. The van der Waals surface area contributed by atoms with Crippen LogP contribution in [0.1, 0.15) is 55.8 Å². The zero-order chi connectivity index (χ0) is 15.2. The Labute approximate surface area is 131 Å². The summed E-state index contributed by atoms with van der Waals surface area (Å²) in [6.45, 7) is 2.11. The zero-order valence-corrected chi connectivity index (χ0v) is 13.1. The highest BCUT2D eigenvalue weighted by Crippen LogP contribution is 2.60. The van der Waals surface area contributed by atoms with Gasteiger partial charge >= 0.3 is 0 Å². The van der Waals surface area contributed by atoms with Crippen LogP contribution in [0.25, 0.3) is 0 Å². The summed E-state index contributed by atoms with van der Waals surface area (Å²) in [5.41, 5.74) is 4.75. The second-order valence-corrected chi connectivity index (χ2v) is 7.57. The lowest BCUT2D eigenvalue weighted by atomic mass is 9.48. The Morgan fingerprint density at radius 3 is 2.23 bits per heavy atom. The third kappa shape index (κ3) is 2.34. The van der Waals surface area contributed by atoms with Gasteiger partial charge in [0.15, 0.2) is 0 Å². The predicted molar refractivity (Wildman–Crippen MR) is 85.4 cm³/mol. The van der Waals surface area contributed by atoms with Crippen LogP contribution in [0.15, 0.2) is 29.6 Å². The maximum Gasteiger partial charge on any atom is 0.271 e. The molecule has 22 heavy (non-hydrogen) atoms. The van der Waals surface area contributed by atoms with Crippen LogP contribution >= 0.6 is 0 Å². The Bertz CT molecular complexity index is 573.